The van der Waals surface area contributed by atoms with Gasteiger partial charge < -0.3 is 5.32 Å². The Hall–Kier alpha value is -1.45. The van der Waals surface area contributed by atoms with Crippen LogP contribution in [0.3, 0.4) is 0 Å². The van der Waals surface area contributed by atoms with Gasteiger partial charge in [0.1, 0.15) is 6.33 Å². The standard InChI is InChI=1S/C8H11N3O/c1-2-11-8(12)3-7-4-9-6-10-5-7/h4-6H,2-3H2,1H3,(H,11,12). The van der Waals surface area contributed by atoms with E-state index < -0.39 is 0 Å². The predicted molar refractivity (Wildman–Crippen MR) is 44.4 cm³/mol. The van der Waals surface area contributed by atoms with Crippen molar-refractivity contribution in [2.24, 2.45) is 0 Å². The van der Waals surface area contributed by atoms with E-state index in [1.807, 2.05) is 6.92 Å². The maximum atomic E-state index is 11.0. The fourth-order valence-electron chi connectivity index (χ4n) is 0.866. The van der Waals surface area contributed by atoms with Crippen LogP contribution in [0.1, 0.15) is 12.5 Å². The van der Waals surface area contributed by atoms with Gasteiger partial charge in [0.05, 0.1) is 6.42 Å². The molecule has 1 amide bonds. The minimum atomic E-state index is 0.00676. The van der Waals surface area contributed by atoms with Crippen molar-refractivity contribution in [2.75, 3.05) is 6.54 Å². The van der Waals surface area contributed by atoms with E-state index >= 15 is 0 Å². The van der Waals surface area contributed by atoms with Crippen LogP contribution in [-0.2, 0) is 11.2 Å². The quantitative estimate of drug-likeness (QED) is 0.693. The van der Waals surface area contributed by atoms with Crippen molar-refractivity contribution in [1.29, 1.82) is 0 Å². The Morgan fingerprint density at radius 1 is 1.50 bits per heavy atom. The predicted octanol–water partition coefficient (Wildman–Crippen LogP) is 0.155. The maximum Gasteiger partial charge on any atom is 0.224 e. The first-order valence-electron chi connectivity index (χ1n) is 3.83. The Kier molecular flexibility index (Phi) is 3.19. The van der Waals surface area contributed by atoms with Gasteiger partial charge in [-0.3, -0.25) is 4.79 Å². The van der Waals surface area contributed by atoms with Gasteiger partial charge in [-0.1, -0.05) is 0 Å². The zero-order valence-electron chi connectivity index (χ0n) is 6.95. The second-order valence-corrected chi connectivity index (χ2v) is 2.38. The Labute approximate surface area is 71.0 Å². The third-order valence-electron chi connectivity index (χ3n) is 1.35. The van der Waals surface area contributed by atoms with E-state index in [0.29, 0.717) is 13.0 Å². The highest BCUT2D eigenvalue weighted by molar-refractivity contribution is 5.78. The molecule has 0 spiro atoms. The van der Waals surface area contributed by atoms with Crippen molar-refractivity contribution in [3.8, 4) is 0 Å². The van der Waals surface area contributed by atoms with E-state index in [0.717, 1.165) is 5.56 Å². The summed E-state index contributed by atoms with van der Waals surface area (Å²) in [4.78, 5) is 18.7. The summed E-state index contributed by atoms with van der Waals surface area (Å²) >= 11 is 0. The van der Waals surface area contributed by atoms with E-state index in [1.54, 1.807) is 12.4 Å². The SMILES string of the molecule is CCNC(=O)Cc1cncnc1. The van der Waals surface area contributed by atoms with Crippen LogP contribution in [0.15, 0.2) is 18.7 Å². The number of nitrogens with one attached hydrogen (secondary N) is 1. The van der Waals surface area contributed by atoms with Gasteiger partial charge in [-0.05, 0) is 12.5 Å². The lowest BCUT2D eigenvalue weighted by molar-refractivity contribution is -0.120. The molecule has 0 aromatic carbocycles. The Balaban J connectivity index is 2.47. The normalized spacial score (nSPS) is 9.42. The van der Waals surface area contributed by atoms with E-state index in [-0.39, 0.29) is 5.91 Å². The number of carbonyl (C=O) groups is 1. The van der Waals surface area contributed by atoms with Crippen molar-refractivity contribution >= 4 is 5.91 Å². The van der Waals surface area contributed by atoms with Gasteiger partial charge in [-0.2, -0.15) is 0 Å². The zero-order chi connectivity index (χ0) is 8.81. The molecule has 4 heteroatoms. The number of nitrogens with zero attached hydrogens (tertiary/aromatic N) is 2. The molecular weight excluding hydrogens is 154 g/mol. The number of rotatable bonds is 3. The van der Waals surface area contributed by atoms with Crippen molar-refractivity contribution in [2.45, 2.75) is 13.3 Å². The van der Waals surface area contributed by atoms with Gasteiger partial charge in [0.15, 0.2) is 0 Å². The monoisotopic (exact) mass is 165 g/mol. The van der Waals surface area contributed by atoms with Crippen molar-refractivity contribution in [3.05, 3.63) is 24.3 Å². The molecule has 0 aliphatic rings. The summed E-state index contributed by atoms with van der Waals surface area (Å²) in [5, 5.41) is 2.70. The second-order valence-electron chi connectivity index (χ2n) is 2.38. The molecule has 1 aromatic rings. The van der Waals surface area contributed by atoms with E-state index in [2.05, 4.69) is 15.3 Å². The highest BCUT2D eigenvalue weighted by Gasteiger charge is 2.00. The molecule has 0 atom stereocenters. The van der Waals surface area contributed by atoms with E-state index in [1.165, 1.54) is 6.33 Å². The third kappa shape index (κ3) is 2.65. The van der Waals surface area contributed by atoms with Gasteiger partial charge in [0.2, 0.25) is 5.91 Å². The van der Waals surface area contributed by atoms with Gasteiger partial charge in [-0.25, -0.2) is 9.97 Å². The third-order valence-corrected chi connectivity index (χ3v) is 1.35. The summed E-state index contributed by atoms with van der Waals surface area (Å²) in [6.45, 7) is 2.55. The van der Waals surface area contributed by atoms with Crippen LogP contribution in [0.5, 0.6) is 0 Å². The fourth-order valence-corrected chi connectivity index (χ4v) is 0.866. The maximum absolute atomic E-state index is 11.0. The number of carbonyl (C=O) groups excluding carboxylic acids is 1. The summed E-state index contributed by atoms with van der Waals surface area (Å²) in [6.07, 6.45) is 5.08. The summed E-state index contributed by atoms with van der Waals surface area (Å²) in [5.74, 6) is 0.00676. The average molecular weight is 165 g/mol. The average Bonchev–Trinajstić information content (AvgIpc) is 2.06. The first-order valence-corrected chi connectivity index (χ1v) is 3.83. The second kappa shape index (κ2) is 4.43. The van der Waals surface area contributed by atoms with Crippen LogP contribution in [0, 0.1) is 0 Å². The molecule has 0 fully saturated rings. The van der Waals surface area contributed by atoms with Crippen LogP contribution in [0.2, 0.25) is 0 Å². The molecule has 1 aromatic heterocycles. The molecule has 0 aliphatic heterocycles. The summed E-state index contributed by atoms with van der Waals surface area (Å²) in [6, 6.07) is 0. The molecule has 1 heterocycles. The minimum Gasteiger partial charge on any atom is -0.356 e. The van der Waals surface area contributed by atoms with Gasteiger partial charge in [0.25, 0.3) is 0 Å². The summed E-state index contributed by atoms with van der Waals surface area (Å²) < 4.78 is 0. The Morgan fingerprint density at radius 3 is 2.75 bits per heavy atom. The van der Waals surface area contributed by atoms with Crippen molar-refractivity contribution < 1.29 is 4.79 Å². The molecule has 4 nitrogen and oxygen atoms in total. The number of hydrogen-bond donors (Lipinski definition) is 1. The van der Waals surface area contributed by atoms with Crippen LogP contribution in [0.4, 0.5) is 0 Å². The van der Waals surface area contributed by atoms with Crippen LogP contribution < -0.4 is 5.32 Å². The zero-order valence-corrected chi connectivity index (χ0v) is 6.95. The molecule has 0 aliphatic carbocycles. The van der Waals surface area contributed by atoms with Crippen molar-refractivity contribution in [1.82, 2.24) is 15.3 Å². The lowest BCUT2D eigenvalue weighted by atomic mass is 10.2. The van der Waals surface area contributed by atoms with Gasteiger partial charge in [-0.15, -0.1) is 0 Å². The summed E-state index contributed by atoms with van der Waals surface area (Å²) in [5.41, 5.74) is 0.837. The molecule has 64 valence electrons. The van der Waals surface area contributed by atoms with Crippen LogP contribution >= 0.6 is 0 Å². The topological polar surface area (TPSA) is 54.9 Å². The van der Waals surface area contributed by atoms with Gasteiger partial charge in [0, 0.05) is 18.9 Å². The van der Waals surface area contributed by atoms with E-state index in [9.17, 15) is 4.79 Å². The minimum absolute atomic E-state index is 0.00676. The largest absolute Gasteiger partial charge is 0.356 e. The molecule has 1 rings (SSSR count). The first-order chi connectivity index (χ1) is 5.83. The molecule has 12 heavy (non-hydrogen) atoms. The van der Waals surface area contributed by atoms with E-state index in [4.69, 9.17) is 0 Å². The number of aromatic nitrogens is 2. The summed E-state index contributed by atoms with van der Waals surface area (Å²) in [7, 11) is 0. The molecule has 1 N–H and O–H groups in total. The molecule has 0 saturated heterocycles. The molecular formula is C8H11N3O. The molecule has 0 bridgehead atoms. The molecule has 0 saturated carbocycles. The van der Waals surface area contributed by atoms with Crippen LogP contribution in [0.25, 0.3) is 0 Å². The fraction of sp³-hybridized carbons (Fsp3) is 0.375. The number of likely N-dealkylation sites (N-methyl/N-ethyl adjacent to an activating group) is 1. The highest BCUT2D eigenvalue weighted by Crippen LogP contribution is 1.93. The number of hydrogen-bond acceptors (Lipinski definition) is 3. The first kappa shape index (κ1) is 8.64. The lowest BCUT2D eigenvalue weighted by Gasteiger charge is -1.99. The Bertz CT molecular complexity index is 248. The Morgan fingerprint density at radius 2 is 2.17 bits per heavy atom. The highest BCUT2D eigenvalue weighted by atomic mass is 16.1. The van der Waals surface area contributed by atoms with Gasteiger partial charge >= 0.3 is 0 Å². The number of amides is 1. The molecule has 0 radical (unpaired) electrons. The lowest BCUT2D eigenvalue weighted by Crippen LogP contribution is -2.24. The van der Waals surface area contributed by atoms with Crippen LogP contribution in [-0.4, -0.2) is 22.4 Å². The van der Waals surface area contributed by atoms with Crippen molar-refractivity contribution in [3.63, 3.8) is 0 Å². The molecule has 0 unspecified atom stereocenters. The smallest absolute Gasteiger partial charge is 0.224 e.